The van der Waals surface area contributed by atoms with Gasteiger partial charge in [0.2, 0.25) is 0 Å². The van der Waals surface area contributed by atoms with Crippen LogP contribution in [-0.2, 0) is 0 Å². The van der Waals surface area contributed by atoms with Crippen LogP contribution in [0.2, 0.25) is 5.02 Å². The van der Waals surface area contributed by atoms with Crippen LogP contribution >= 0.6 is 11.6 Å². The van der Waals surface area contributed by atoms with Gasteiger partial charge in [-0.2, -0.15) is 4.98 Å². The second-order valence-electron chi connectivity index (χ2n) is 5.38. The molecule has 0 saturated carbocycles. The lowest BCUT2D eigenvalue weighted by Gasteiger charge is -2.35. The van der Waals surface area contributed by atoms with Crippen molar-refractivity contribution in [3.63, 3.8) is 0 Å². The molecule has 112 valence electrons. The molecular formula is C14H17ClN4O2. The molecule has 1 N–H and O–H groups in total. The number of likely N-dealkylation sites (N-methyl/N-ethyl adjacent to an activating group) is 2. The van der Waals surface area contributed by atoms with E-state index in [2.05, 4.69) is 34.0 Å². The Bertz CT molecular complexity index is 646. The standard InChI is InChI=1S/C14H17ClN4O2/c1-18-5-6-19(2)12(8-18)13-16-14(21-17-13)10-7-9(20)3-4-11(10)15/h3-4,7,12,20H,5-6,8H2,1-2H3. The monoisotopic (exact) mass is 308 g/mol. The summed E-state index contributed by atoms with van der Waals surface area (Å²) in [4.78, 5) is 8.89. The van der Waals surface area contributed by atoms with E-state index in [0.29, 0.717) is 22.3 Å². The summed E-state index contributed by atoms with van der Waals surface area (Å²) in [5, 5.41) is 14.1. The molecule has 1 atom stereocenters. The molecule has 1 aliphatic rings. The number of halogens is 1. The van der Waals surface area contributed by atoms with Crippen molar-refractivity contribution < 1.29 is 9.63 Å². The van der Waals surface area contributed by atoms with Gasteiger partial charge >= 0.3 is 0 Å². The Morgan fingerprint density at radius 2 is 2.14 bits per heavy atom. The van der Waals surface area contributed by atoms with Gasteiger partial charge in [-0.3, -0.25) is 4.90 Å². The van der Waals surface area contributed by atoms with Gasteiger partial charge in [0.05, 0.1) is 16.6 Å². The van der Waals surface area contributed by atoms with E-state index < -0.39 is 0 Å². The van der Waals surface area contributed by atoms with Gasteiger partial charge in [-0.1, -0.05) is 16.8 Å². The summed E-state index contributed by atoms with van der Waals surface area (Å²) in [7, 11) is 4.13. The first-order valence-electron chi connectivity index (χ1n) is 6.76. The molecular weight excluding hydrogens is 292 g/mol. The maximum atomic E-state index is 9.57. The molecule has 0 aliphatic carbocycles. The molecule has 0 amide bonds. The van der Waals surface area contributed by atoms with E-state index in [1.807, 2.05) is 0 Å². The van der Waals surface area contributed by atoms with Gasteiger partial charge in [-0.15, -0.1) is 0 Å². The molecule has 3 rings (SSSR count). The van der Waals surface area contributed by atoms with Crippen LogP contribution in [-0.4, -0.2) is 58.8 Å². The summed E-state index contributed by atoms with van der Waals surface area (Å²) >= 11 is 6.12. The predicted molar refractivity (Wildman–Crippen MR) is 79.3 cm³/mol. The number of phenols is 1. The number of nitrogens with zero attached hydrogens (tertiary/aromatic N) is 4. The van der Waals surface area contributed by atoms with Crippen molar-refractivity contribution in [2.75, 3.05) is 33.7 Å². The van der Waals surface area contributed by atoms with E-state index in [-0.39, 0.29) is 11.8 Å². The van der Waals surface area contributed by atoms with E-state index >= 15 is 0 Å². The summed E-state index contributed by atoms with van der Waals surface area (Å²) in [5.74, 6) is 1.08. The number of aromatic hydroxyl groups is 1. The highest BCUT2D eigenvalue weighted by Gasteiger charge is 2.28. The predicted octanol–water partition coefficient (Wildman–Crippen LogP) is 2.01. The topological polar surface area (TPSA) is 65.6 Å². The zero-order chi connectivity index (χ0) is 15.0. The fourth-order valence-electron chi connectivity index (χ4n) is 2.45. The number of piperazine rings is 1. The van der Waals surface area contributed by atoms with Crippen molar-refractivity contribution >= 4 is 11.6 Å². The van der Waals surface area contributed by atoms with Gasteiger partial charge in [-0.05, 0) is 32.3 Å². The van der Waals surface area contributed by atoms with Gasteiger partial charge in [0.25, 0.3) is 5.89 Å². The second-order valence-corrected chi connectivity index (χ2v) is 5.79. The molecule has 21 heavy (non-hydrogen) atoms. The zero-order valence-electron chi connectivity index (χ0n) is 12.0. The van der Waals surface area contributed by atoms with Crippen molar-refractivity contribution in [3.05, 3.63) is 29.0 Å². The second kappa shape index (κ2) is 5.63. The lowest BCUT2D eigenvalue weighted by Crippen LogP contribution is -2.45. The molecule has 1 aromatic heterocycles. The number of hydrogen-bond donors (Lipinski definition) is 1. The molecule has 2 heterocycles. The molecule has 1 aliphatic heterocycles. The maximum Gasteiger partial charge on any atom is 0.259 e. The Balaban J connectivity index is 1.91. The Kier molecular flexibility index (Phi) is 3.84. The molecule has 1 saturated heterocycles. The van der Waals surface area contributed by atoms with Crippen LogP contribution in [0.1, 0.15) is 11.9 Å². The largest absolute Gasteiger partial charge is 0.508 e. The minimum Gasteiger partial charge on any atom is -0.508 e. The molecule has 0 bridgehead atoms. The van der Waals surface area contributed by atoms with E-state index in [4.69, 9.17) is 16.1 Å². The van der Waals surface area contributed by atoms with Crippen LogP contribution in [0.5, 0.6) is 5.75 Å². The number of rotatable bonds is 2. The van der Waals surface area contributed by atoms with Crippen molar-refractivity contribution in [1.29, 1.82) is 0 Å². The van der Waals surface area contributed by atoms with Gasteiger partial charge in [0.15, 0.2) is 5.82 Å². The quantitative estimate of drug-likeness (QED) is 0.915. The summed E-state index contributed by atoms with van der Waals surface area (Å²) < 4.78 is 5.32. The smallest absolute Gasteiger partial charge is 0.259 e. The molecule has 1 aromatic carbocycles. The average Bonchev–Trinajstić information content (AvgIpc) is 2.93. The fraction of sp³-hybridized carbons (Fsp3) is 0.429. The Labute approximate surface area is 127 Å². The van der Waals surface area contributed by atoms with Crippen LogP contribution in [0.3, 0.4) is 0 Å². The fourth-order valence-corrected chi connectivity index (χ4v) is 2.64. The number of aromatic nitrogens is 2. The third-order valence-corrected chi connectivity index (χ3v) is 4.10. The highest BCUT2D eigenvalue weighted by atomic mass is 35.5. The van der Waals surface area contributed by atoms with E-state index in [1.165, 1.54) is 12.1 Å². The molecule has 0 radical (unpaired) electrons. The highest BCUT2D eigenvalue weighted by Crippen LogP contribution is 2.31. The lowest BCUT2D eigenvalue weighted by molar-refractivity contribution is 0.108. The Morgan fingerprint density at radius 1 is 1.33 bits per heavy atom. The first-order valence-corrected chi connectivity index (χ1v) is 7.13. The van der Waals surface area contributed by atoms with E-state index in [1.54, 1.807) is 6.07 Å². The number of benzene rings is 1. The van der Waals surface area contributed by atoms with Crippen LogP contribution in [0, 0.1) is 0 Å². The molecule has 1 fully saturated rings. The van der Waals surface area contributed by atoms with Crippen LogP contribution in [0.25, 0.3) is 11.5 Å². The molecule has 1 unspecified atom stereocenters. The Hall–Kier alpha value is -1.63. The van der Waals surface area contributed by atoms with Crippen molar-refractivity contribution in [2.24, 2.45) is 0 Å². The van der Waals surface area contributed by atoms with E-state index in [9.17, 15) is 5.11 Å². The van der Waals surface area contributed by atoms with Crippen molar-refractivity contribution in [3.8, 4) is 17.2 Å². The average molecular weight is 309 g/mol. The minimum atomic E-state index is 0.0948. The summed E-state index contributed by atoms with van der Waals surface area (Å²) in [6.07, 6.45) is 0. The van der Waals surface area contributed by atoms with Crippen molar-refractivity contribution in [2.45, 2.75) is 6.04 Å². The third kappa shape index (κ3) is 2.88. The lowest BCUT2D eigenvalue weighted by atomic mass is 10.1. The molecule has 6 nitrogen and oxygen atoms in total. The highest BCUT2D eigenvalue weighted by molar-refractivity contribution is 6.33. The minimum absolute atomic E-state index is 0.0948. The van der Waals surface area contributed by atoms with Gasteiger partial charge < -0.3 is 14.5 Å². The van der Waals surface area contributed by atoms with Gasteiger partial charge in [0, 0.05) is 19.6 Å². The third-order valence-electron chi connectivity index (χ3n) is 3.77. The first kappa shape index (κ1) is 14.3. The van der Waals surface area contributed by atoms with Gasteiger partial charge in [-0.25, -0.2) is 0 Å². The first-order chi connectivity index (χ1) is 10.0. The van der Waals surface area contributed by atoms with Crippen LogP contribution < -0.4 is 0 Å². The van der Waals surface area contributed by atoms with Gasteiger partial charge in [0.1, 0.15) is 5.75 Å². The van der Waals surface area contributed by atoms with Crippen molar-refractivity contribution in [1.82, 2.24) is 19.9 Å². The normalized spacial score (nSPS) is 20.8. The molecule has 2 aromatic rings. The number of phenolic OH excluding ortho intramolecular Hbond substituents is 1. The van der Waals surface area contributed by atoms with Crippen LogP contribution in [0.15, 0.2) is 22.7 Å². The van der Waals surface area contributed by atoms with E-state index in [0.717, 1.165) is 19.6 Å². The molecule has 7 heteroatoms. The maximum absolute atomic E-state index is 9.57. The van der Waals surface area contributed by atoms with Crippen LogP contribution in [0.4, 0.5) is 0 Å². The molecule has 0 spiro atoms. The summed E-state index contributed by atoms with van der Waals surface area (Å²) in [6.45, 7) is 2.83. The summed E-state index contributed by atoms with van der Waals surface area (Å²) in [6, 6.07) is 4.75. The Morgan fingerprint density at radius 3 is 2.95 bits per heavy atom. The SMILES string of the molecule is CN1CCN(C)C(c2noc(-c3cc(O)ccc3Cl)n2)C1. The zero-order valence-corrected chi connectivity index (χ0v) is 12.7. The summed E-state index contributed by atoms with van der Waals surface area (Å²) in [5.41, 5.74) is 0.544. The number of hydrogen-bond acceptors (Lipinski definition) is 6.